The highest BCUT2D eigenvalue weighted by Crippen LogP contribution is 2.21. The number of hydrogen-bond donors (Lipinski definition) is 0. The van der Waals surface area contributed by atoms with Gasteiger partial charge < -0.3 is 0 Å². The quantitative estimate of drug-likeness (QED) is 0.756. The summed E-state index contributed by atoms with van der Waals surface area (Å²) in [5.41, 5.74) is 1.03. The molecule has 2 nitrogen and oxygen atoms in total. The molecule has 0 amide bonds. The van der Waals surface area contributed by atoms with Gasteiger partial charge in [-0.1, -0.05) is 23.7 Å². The molecular formula is C12H14ClNOS. The van der Waals surface area contributed by atoms with Gasteiger partial charge in [-0.15, -0.1) is 0 Å². The monoisotopic (exact) mass is 255 g/mol. The minimum atomic E-state index is -0.918. The summed E-state index contributed by atoms with van der Waals surface area (Å²) < 4.78 is 11.9. The summed E-state index contributed by atoms with van der Waals surface area (Å²) in [5.74, 6) is 0.581. The summed E-state index contributed by atoms with van der Waals surface area (Å²) in [4.78, 5) is 0. The van der Waals surface area contributed by atoms with E-state index in [-0.39, 0.29) is 5.25 Å². The fourth-order valence-electron chi connectivity index (χ4n) is 1.36. The van der Waals surface area contributed by atoms with Gasteiger partial charge in [-0.3, -0.25) is 4.21 Å². The summed E-state index contributed by atoms with van der Waals surface area (Å²) in [6, 6.07) is 9.46. The van der Waals surface area contributed by atoms with Gasteiger partial charge in [-0.25, -0.2) is 0 Å². The highest BCUT2D eigenvalue weighted by atomic mass is 35.5. The van der Waals surface area contributed by atoms with Crippen LogP contribution in [0.1, 0.15) is 30.6 Å². The van der Waals surface area contributed by atoms with Crippen LogP contribution in [0.2, 0.25) is 5.02 Å². The summed E-state index contributed by atoms with van der Waals surface area (Å²) in [5, 5.41) is 9.08. The second-order valence-corrected chi connectivity index (χ2v) is 5.85. The second kappa shape index (κ2) is 6.67. The maximum Gasteiger partial charge on any atom is 0.0622 e. The van der Waals surface area contributed by atoms with Gasteiger partial charge in [0.1, 0.15) is 0 Å². The third kappa shape index (κ3) is 3.96. The van der Waals surface area contributed by atoms with Gasteiger partial charge in [-0.05, 0) is 31.0 Å². The zero-order valence-corrected chi connectivity index (χ0v) is 10.7. The minimum absolute atomic E-state index is 0.00374. The average molecular weight is 256 g/mol. The molecule has 0 saturated carbocycles. The van der Waals surface area contributed by atoms with Crippen LogP contribution in [0.25, 0.3) is 0 Å². The Morgan fingerprint density at radius 1 is 1.44 bits per heavy atom. The van der Waals surface area contributed by atoms with Crippen molar-refractivity contribution in [2.75, 3.05) is 5.75 Å². The molecule has 2 atom stereocenters. The number of nitriles is 1. The van der Waals surface area contributed by atoms with Gasteiger partial charge in [0.2, 0.25) is 0 Å². The third-order valence-electron chi connectivity index (χ3n) is 2.37. The molecule has 0 aromatic heterocycles. The van der Waals surface area contributed by atoms with Crippen LogP contribution in [0, 0.1) is 11.3 Å². The van der Waals surface area contributed by atoms with Crippen LogP contribution >= 0.6 is 11.6 Å². The van der Waals surface area contributed by atoms with Crippen LogP contribution in [-0.4, -0.2) is 9.96 Å². The number of unbranched alkanes of at least 4 members (excludes halogenated alkanes) is 1. The van der Waals surface area contributed by atoms with E-state index in [9.17, 15) is 4.21 Å². The summed E-state index contributed by atoms with van der Waals surface area (Å²) in [6.45, 7) is 1.94. The van der Waals surface area contributed by atoms with E-state index in [4.69, 9.17) is 16.9 Å². The molecule has 1 aromatic rings. The lowest BCUT2D eigenvalue weighted by molar-refractivity contribution is 0.673. The molecular weight excluding hydrogens is 242 g/mol. The number of hydrogen-bond acceptors (Lipinski definition) is 2. The van der Waals surface area contributed by atoms with Gasteiger partial charge >= 0.3 is 0 Å². The Labute approximate surface area is 104 Å². The Balaban J connectivity index is 2.57. The normalized spacial score (nSPS) is 14.1. The van der Waals surface area contributed by atoms with E-state index in [2.05, 4.69) is 6.07 Å². The number of halogens is 1. The first-order chi connectivity index (χ1) is 7.65. The van der Waals surface area contributed by atoms with Crippen molar-refractivity contribution in [3.8, 4) is 6.07 Å². The molecule has 0 unspecified atom stereocenters. The molecule has 16 heavy (non-hydrogen) atoms. The van der Waals surface area contributed by atoms with Gasteiger partial charge in [0.15, 0.2) is 0 Å². The molecule has 86 valence electrons. The molecule has 0 heterocycles. The molecule has 1 rings (SSSR count). The number of benzene rings is 1. The van der Waals surface area contributed by atoms with Crippen LogP contribution in [0.15, 0.2) is 24.3 Å². The van der Waals surface area contributed by atoms with Crippen LogP contribution in [0.4, 0.5) is 0 Å². The van der Waals surface area contributed by atoms with E-state index in [1.807, 2.05) is 19.1 Å². The first-order valence-electron chi connectivity index (χ1n) is 5.14. The topological polar surface area (TPSA) is 40.9 Å². The fraction of sp³-hybridized carbons (Fsp3) is 0.417. The predicted octanol–water partition coefficient (Wildman–Crippen LogP) is 3.45. The zero-order valence-electron chi connectivity index (χ0n) is 9.15. The van der Waals surface area contributed by atoms with Gasteiger partial charge in [0.05, 0.1) is 11.3 Å². The Morgan fingerprint density at radius 3 is 2.62 bits per heavy atom. The predicted molar refractivity (Wildman–Crippen MR) is 67.7 cm³/mol. The SMILES string of the molecule is C[C@@H](c1ccc(Cl)cc1)[S@](=O)CCCC#N. The Kier molecular flexibility index (Phi) is 5.51. The molecule has 0 radical (unpaired) electrons. The van der Waals surface area contributed by atoms with E-state index >= 15 is 0 Å². The lowest BCUT2D eigenvalue weighted by Gasteiger charge is -2.11. The molecule has 0 saturated heterocycles. The van der Waals surface area contributed by atoms with Gasteiger partial charge in [0, 0.05) is 28.0 Å². The lowest BCUT2D eigenvalue weighted by Crippen LogP contribution is -2.06. The van der Waals surface area contributed by atoms with Crippen molar-refractivity contribution >= 4 is 22.4 Å². The number of rotatable bonds is 5. The molecule has 0 spiro atoms. The van der Waals surface area contributed by atoms with Crippen molar-refractivity contribution < 1.29 is 4.21 Å². The third-order valence-corrected chi connectivity index (χ3v) is 4.37. The van der Waals surface area contributed by atoms with E-state index in [0.29, 0.717) is 23.6 Å². The van der Waals surface area contributed by atoms with E-state index in [1.165, 1.54) is 0 Å². The summed E-state index contributed by atoms with van der Waals surface area (Å²) in [7, 11) is -0.918. The van der Waals surface area contributed by atoms with Gasteiger partial charge in [0.25, 0.3) is 0 Å². The maximum absolute atomic E-state index is 11.9. The smallest absolute Gasteiger partial charge is 0.0622 e. The molecule has 0 N–H and O–H groups in total. The van der Waals surface area contributed by atoms with Crippen LogP contribution in [-0.2, 0) is 10.8 Å². The molecule has 4 heteroatoms. The summed E-state index contributed by atoms with van der Waals surface area (Å²) >= 11 is 5.79. The standard InChI is InChI=1S/C12H14ClNOS/c1-10(16(15)9-3-2-8-14)11-4-6-12(13)7-5-11/h4-7,10H,2-3,9H2,1H3/t10-,16+/m0/s1. The first kappa shape index (κ1) is 13.2. The fourth-order valence-corrected chi connectivity index (χ4v) is 2.72. The molecule has 0 aliphatic carbocycles. The molecule has 0 aliphatic heterocycles. The first-order valence-corrected chi connectivity index (χ1v) is 6.90. The van der Waals surface area contributed by atoms with Crippen molar-refractivity contribution in [2.24, 2.45) is 0 Å². The van der Waals surface area contributed by atoms with E-state index in [1.54, 1.807) is 12.1 Å². The van der Waals surface area contributed by atoms with Crippen molar-refractivity contribution in [1.29, 1.82) is 5.26 Å². The van der Waals surface area contributed by atoms with Crippen molar-refractivity contribution in [3.05, 3.63) is 34.9 Å². The van der Waals surface area contributed by atoms with Gasteiger partial charge in [-0.2, -0.15) is 5.26 Å². The highest BCUT2D eigenvalue weighted by Gasteiger charge is 2.12. The van der Waals surface area contributed by atoms with Crippen LogP contribution < -0.4 is 0 Å². The van der Waals surface area contributed by atoms with Crippen molar-refractivity contribution in [1.82, 2.24) is 0 Å². The lowest BCUT2D eigenvalue weighted by atomic mass is 10.2. The second-order valence-electron chi connectivity index (χ2n) is 3.54. The van der Waals surface area contributed by atoms with Crippen LogP contribution in [0.3, 0.4) is 0 Å². The molecule has 0 fully saturated rings. The number of nitrogens with zero attached hydrogens (tertiary/aromatic N) is 1. The minimum Gasteiger partial charge on any atom is -0.259 e. The van der Waals surface area contributed by atoms with Crippen LogP contribution in [0.5, 0.6) is 0 Å². The van der Waals surface area contributed by atoms with Crippen molar-refractivity contribution in [2.45, 2.75) is 25.0 Å². The Bertz CT molecular complexity index is 396. The molecule has 0 bridgehead atoms. The highest BCUT2D eigenvalue weighted by molar-refractivity contribution is 7.85. The largest absolute Gasteiger partial charge is 0.259 e. The summed E-state index contributed by atoms with van der Waals surface area (Å²) in [6.07, 6.45) is 1.17. The molecule has 1 aromatic carbocycles. The molecule has 0 aliphatic rings. The Hall–Kier alpha value is -0.850. The Morgan fingerprint density at radius 2 is 2.06 bits per heavy atom. The zero-order chi connectivity index (χ0) is 12.0. The maximum atomic E-state index is 11.9. The van der Waals surface area contributed by atoms with E-state index in [0.717, 1.165) is 5.56 Å². The van der Waals surface area contributed by atoms with Crippen molar-refractivity contribution in [3.63, 3.8) is 0 Å². The average Bonchev–Trinajstić information content (AvgIpc) is 2.29. The van der Waals surface area contributed by atoms with E-state index < -0.39 is 10.8 Å².